The van der Waals surface area contributed by atoms with Crippen molar-refractivity contribution in [3.63, 3.8) is 0 Å². The van der Waals surface area contributed by atoms with Crippen molar-refractivity contribution in [1.82, 2.24) is 0 Å². The van der Waals surface area contributed by atoms with E-state index in [1.807, 2.05) is 42.5 Å². The first-order valence-electron chi connectivity index (χ1n) is 8.94. The molecule has 4 heteroatoms. The Hall–Kier alpha value is -3.53. The van der Waals surface area contributed by atoms with Gasteiger partial charge in [0.25, 0.3) is 11.5 Å². The molecule has 4 nitrogen and oxygen atoms in total. The lowest BCUT2D eigenvalue weighted by Crippen LogP contribution is -2.41. The van der Waals surface area contributed by atoms with E-state index in [9.17, 15) is 9.59 Å². The predicted molar refractivity (Wildman–Crippen MR) is 104 cm³/mol. The molecule has 0 spiro atoms. The summed E-state index contributed by atoms with van der Waals surface area (Å²) in [6, 6.07) is 20.4. The van der Waals surface area contributed by atoms with Crippen molar-refractivity contribution >= 4 is 23.0 Å². The number of allylic oxidation sites excluding steroid dienone is 2. The molecule has 0 radical (unpaired) electrons. The molecule has 1 heterocycles. The maximum Gasteiger partial charge on any atom is 0.286 e. The highest BCUT2D eigenvalue weighted by atomic mass is 16.1. The van der Waals surface area contributed by atoms with Crippen LogP contribution in [0.5, 0.6) is 0 Å². The van der Waals surface area contributed by atoms with E-state index in [1.54, 1.807) is 41.2 Å². The molecule has 0 saturated heterocycles. The Morgan fingerprint density at radius 3 is 2.04 bits per heavy atom. The number of anilines is 1. The number of pyridine rings is 1. The SMILES string of the molecule is CCc1ccc(NC2=C([n+]3ccccc3)C(=O)c3ccccc3C2=O)cc1. The van der Waals surface area contributed by atoms with Crippen molar-refractivity contribution < 1.29 is 14.2 Å². The fraction of sp³-hybridized carbons (Fsp3) is 0.0870. The van der Waals surface area contributed by atoms with Gasteiger partial charge in [-0.3, -0.25) is 9.59 Å². The second-order valence-corrected chi connectivity index (χ2v) is 6.39. The highest BCUT2D eigenvalue weighted by molar-refractivity contribution is 6.36. The number of aryl methyl sites for hydroxylation is 1. The number of fused-ring (bicyclic) bond motifs is 1. The summed E-state index contributed by atoms with van der Waals surface area (Å²) in [5.41, 5.74) is 3.47. The number of hydrogen-bond donors (Lipinski definition) is 1. The van der Waals surface area contributed by atoms with E-state index in [2.05, 4.69) is 12.2 Å². The minimum atomic E-state index is -0.184. The van der Waals surface area contributed by atoms with Gasteiger partial charge in [0.05, 0.1) is 0 Å². The molecule has 4 rings (SSSR count). The predicted octanol–water partition coefficient (Wildman–Crippen LogP) is 3.90. The van der Waals surface area contributed by atoms with Crippen LogP contribution in [0.1, 0.15) is 33.2 Å². The zero-order chi connectivity index (χ0) is 18.8. The van der Waals surface area contributed by atoms with Gasteiger partial charge in [0, 0.05) is 28.9 Å². The second-order valence-electron chi connectivity index (χ2n) is 6.39. The molecule has 1 aromatic heterocycles. The average Bonchev–Trinajstić information content (AvgIpc) is 2.73. The molecular formula is C23H19N2O2+. The first-order valence-corrected chi connectivity index (χ1v) is 8.94. The van der Waals surface area contributed by atoms with Crippen molar-refractivity contribution in [2.24, 2.45) is 0 Å². The van der Waals surface area contributed by atoms with Gasteiger partial charge in [0.15, 0.2) is 18.1 Å². The van der Waals surface area contributed by atoms with Gasteiger partial charge in [-0.05, 0) is 24.1 Å². The molecule has 0 unspecified atom stereocenters. The zero-order valence-electron chi connectivity index (χ0n) is 15.0. The molecule has 132 valence electrons. The van der Waals surface area contributed by atoms with Crippen molar-refractivity contribution in [3.05, 3.63) is 102 Å². The second kappa shape index (κ2) is 7.00. The van der Waals surface area contributed by atoms with E-state index in [0.29, 0.717) is 22.5 Å². The number of ketones is 2. The van der Waals surface area contributed by atoms with Crippen LogP contribution in [0, 0.1) is 0 Å². The van der Waals surface area contributed by atoms with Gasteiger partial charge < -0.3 is 5.32 Å². The average molecular weight is 355 g/mol. The number of hydrogen-bond acceptors (Lipinski definition) is 3. The van der Waals surface area contributed by atoms with Crippen LogP contribution in [-0.2, 0) is 6.42 Å². The van der Waals surface area contributed by atoms with Crippen LogP contribution in [0.25, 0.3) is 5.70 Å². The van der Waals surface area contributed by atoms with E-state index in [1.165, 1.54) is 5.56 Å². The number of benzene rings is 2. The fourth-order valence-electron chi connectivity index (χ4n) is 3.24. The summed E-state index contributed by atoms with van der Waals surface area (Å²) in [6.07, 6.45) is 4.49. The normalized spacial score (nSPS) is 13.5. The molecule has 0 bridgehead atoms. The summed E-state index contributed by atoms with van der Waals surface area (Å²) in [4.78, 5) is 26.4. The summed E-state index contributed by atoms with van der Waals surface area (Å²) in [5.74, 6) is -0.356. The van der Waals surface area contributed by atoms with Crippen LogP contribution in [0.4, 0.5) is 5.69 Å². The van der Waals surface area contributed by atoms with E-state index in [0.717, 1.165) is 12.1 Å². The number of aromatic nitrogens is 1. The first-order chi connectivity index (χ1) is 13.2. The minimum absolute atomic E-state index is 0.172. The number of nitrogens with one attached hydrogen (secondary N) is 1. The highest BCUT2D eigenvalue weighted by Crippen LogP contribution is 2.27. The lowest BCUT2D eigenvalue weighted by molar-refractivity contribution is -0.577. The van der Waals surface area contributed by atoms with Crippen molar-refractivity contribution in [1.29, 1.82) is 0 Å². The quantitative estimate of drug-likeness (QED) is 0.722. The molecular weight excluding hydrogens is 336 g/mol. The van der Waals surface area contributed by atoms with Crippen LogP contribution >= 0.6 is 0 Å². The van der Waals surface area contributed by atoms with Crippen LogP contribution < -0.4 is 9.88 Å². The molecule has 0 saturated carbocycles. The Morgan fingerprint density at radius 2 is 1.41 bits per heavy atom. The van der Waals surface area contributed by atoms with Gasteiger partial charge in [0.1, 0.15) is 0 Å². The fourth-order valence-corrected chi connectivity index (χ4v) is 3.24. The monoisotopic (exact) mass is 355 g/mol. The van der Waals surface area contributed by atoms with Crippen molar-refractivity contribution in [2.45, 2.75) is 13.3 Å². The van der Waals surface area contributed by atoms with E-state index in [4.69, 9.17) is 0 Å². The molecule has 0 aliphatic heterocycles. The molecule has 0 atom stereocenters. The molecule has 0 fully saturated rings. The first kappa shape index (κ1) is 16.9. The topological polar surface area (TPSA) is 50.1 Å². The van der Waals surface area contributed by atoms with E-state index in [-0.39, 0.29) is 11.6 Å². The molecule has 1 aliphatic carbocycles. The highest BCUT2D eigenvalue weighted by Gasteiger charge is 2.38. The molecule has 3 aromatic rings. The maximum atomic E-state index is 13.2. The van der Waals surface area contributed by atoms with E-state index >= 15 is 0 Å². The molecule has 2 aromatic carbocycles. The maximum absolute atomic E-state index is 13.2. The van der Waals surface area contributed by atoms with Gasteiger partial charge in [0.2, 0.25) is 5.78 Å². The Kier molecular flexibility index (Phi) is 4.38. The number of nitrogens with zero attached hydrogens (tertiary/aromatic N) is 1. The number of rotatable bonds is 4. The van der Waals surface area contributed by atoms with Gasteiger partial charge >= 0.3 is 0 Å². The summed E-state index contributed by atoms with van der Waals surface area (Å²) >= 11 is 0. The molecule has 0 amide bonds. The standard InChI is InChI=1S/C23H18N2O2/c1-2-16-10-12-17(13-11-16)24-20-21(25-14-6-3-7-15-25)23(27)19-9-5-4-8-18(19)22(20)26/h3-15H,2H2,1H3/p+1. The molecule has 1 aliphatic rings. The number of carbonyl (C=O) groups is 2. The third kappa shape index (κ3) is 3.06. The lowest BCUT2D eigenvalue weighted by atomic mass is 9.90. The van der Waals surface area contributed by atoms with Gasteiger partial charge in [-0.1, -0.05) is 49.4 Å². The number of Topliss-reactive ketones (excluding diaryl/α,β-unsaturated/α-hetero) is 2. The third-order valence-electron chi connectivity index (χ3n) is 4.70. The largest absolute Gasteiger partial charge is 0.347 e. The van der Waals surface area contributed by atoms with Crippen LogP contribution in [0.3, 0.4) is 0 Å². The summed E-state index contributed by atoms with van der Waals surface area (Å²) in [6.45, 7) is 2.09. The molecule has 27 heavy (non-hydrogen) atoms. The van der Waals surface area contributed by atoms with Gasteiger partial charge in [-0.25, -0.2) is 0 Å². The Labute approximate surface area is 157 Å². The Bertz CT molecular complexity index is 1050. The minimum Gasteiger partial charge on any atom is -0.347 e. The Balaban J connectivity index is 1.86. The van der Waals surface area contributed by atoms with Crippen LogP contribution in [0.15, 0.2) is 84.8 Å². The van der Waals surface area contributed by atoms with Gasteiger partial charge in [-0.2, -0.15) is 4.57 Å². The zero-order valence-corrected chi connectivity index (χ0v) is 15.0. The smallest absolute Gasteiger partial charge is 0.286 e. The van der Waals surface area contributed by atoms with Crippen molar-refractivity contribution in [2.75, 3.05) is 5.32 Å². The molecule has 1 N–H and O–H groups in total. The Morgan fingerprint density at radius 1 is 0.778 bits per heavy atom. The van der Waals surface area contributed by atoms with E-state index < -0.39 is 0 Å². The summed E-state index contributed by atoms with van der Waals surface area (Å²) in [7, 11) is 0. The lowest BCUT2D eigenvalue weighted by Gasteiger charge is -2.18. The summed E-state index contributed by atoms with van der Waals surface area (Å²) < 4.78 is 1.69. The van der Waals surface area contributed by atoms with Gasteiger partial charge in [-0.15, -0.1) is 0 Å². The third-order valence-corrected chi connectivity index (χ3v) is 4.70. The number of carbonyl (C=O) groups excluding carboxylic acids is 2. The van der Waals surface area contributed by atoms with Crippen LogP contribution in [0.2, 0.25) is 0 Å². The van der Waals surface area contributed by atoms with Crippen molar-refractivity contribution in [3.8, 4) is 0 Å². The summed E-state index contributed by atoms with van der Waals surface area (Å²) in [5, 5.41) is 3.19. The van der Waals surface area contributed by atoms with Crippen LogP contribution in [-0.4, -0.2) is 11.6 Å².